The van der Waals surface area contributed by atoms with Gasteiger partial charge in [0.05, 0.1) is 29.2 Å². The molecule has 1 atom stereocenters. The molecule has 4 N–H and O–H groups in total. The summed E-state index contributed by atoms with van der Waals surface area (Å²) in [4.78, 5) is 17.9. The summed E-state index contributed by atoms with van der Waals surface area (Å²) in [6, 6.07) is 14.0. The fourth-order valence-corrected chi connectivity index (χ4v) is 7.23. The van der Waals surface area contributed by atoms with E-state index in [0.717, 1.165) is 4.31 Å². The van der Waals surface area contributed by atoms with Crippen LogP contribution in [-0.4, -0.2) is 53.2 Å². The molecule has 0 saturated carbocycles. The molecule has 4 heterocycles. The molecule has 16 heteroatoms. The molecule has 0 radical (unpaired) electrons. The van der Waals surface area contributed by atoms with Gasteiger partial charge >= 0.3 is 0 Å². The number of nitrogens with zero attached hydrogens (tertiary/aromatic N) is 6. The van der Waals surface area contributed by atoms with E-state index >= 15 is 0 Å². The van der Waals surface area contributed by atoms with Gasteiger partial charge in [0.1, 0.15) is 10.5 Å². The average Bonchev–Trinajstić information content (AvgIpc) is 3.57. The monoisotopic (exact) mass is 643 g/mol. The first-order valence-electron chi connectivity index (χ1n) is 13.3. The number of aryl methyl sites for hydroxylation is 1. The van der Waals surface area contributed by atoms with E-state index in [-0.39, 0.29) is 27.6 Å². The van der Waals surface area contributed by atoms with Crippen LogP contribution in [-0.2, 0) is 27.3 Å². The molecular formula is C29H25N9O5S2. The molecular weight excluding hydrogens is 619 g/mol. The Bertz CT molecular complexity index is 2280. The molecule has 1 aliphatic rings. The zero-order chi connectivity index (χ0) is 31.9. The Hall–Kier alpha value is -5.50. The van der Waals surface area contributed by atoms with Crippen molar-refractivity contribution in [2.45, 2.75) is 17.9 Å². The van der Waals surface area contributed by atoms with Crippen LogP contribution < -0.4 is 19.5 Å². The number of hydrogen-bond donors (Lipinski definition) is 3. The molecule has 3 aromatic heterocycles. The molecule has 2 aromatic carbocycles. The standard InChI is InChI=1S/C29H25N9O5S2/c1-19(33-29(39)25-27(35-45(30,42)43)34-37-15-7-14-31-28(25)37)24-16-22-9-6-8-21(13-12-20-17-32-36(2)18-20)26(22)44(40,41)38(24)23-10-4-3-5-11-23/h3-11,14-19H,1-2H3,(H,33,39)(H,34,35)(H2,30,42,43). The van der Waals surface area contributed by atoms with E-state index in [1.807, 2.05) is 4.72 Å². The first-order valence-corrected chi connectivity index (χ1v) is 16.3. The van der Waals surface area contributed by atoms with E-state index < -0.39 is 32.2 Å². The van der Waals surface area contributed by atoms with Crippen LogP contribution in [0.3, 0.4) is 0 Å². The van der Waals surface area contributed by atoms with Gasteiger partial charge in [-0.15, -0.1) is 5.10 Å². The van der Waals surface area contributed by atoms with E-state index in [4.69, 9.17) is 5.14 Å². The average molecular weight is 644 g/mol. The number of aromatic nitrogens is 5. The second-order valence-corrected chi connectivity index (χ2v) is 13.0. The van der Waals surface area contributed by atoms with E-state index in [0.29, 0.717) is 22.4 Å². The Morgan fingerprint density at radius 3 is 2.56 bits per heavy atom. The summed E-state index contributed by atoms with van der Waals surface area (Å²) in [5.41, 5.74) is 1.71. The highest BCUT2D eigenvalue weighted by Gasteiger charge is 2.38. The fourth-order valence-electron chi connectivity index (χ4n) is 4.93. The van der Waals surface area contributed by atoms with Gasteiger partial charge in [-0.05, 0) is 42.8 Å². The zero-order valence-corrected chi connectivity index (χ0v) is 25.4. The predicted octanol–water partition coefficient (Wildman–Crippen LogP) is 1.85. The van der Waals surface area contributed by atoms with Crippen molar-refractivity contribution in [1.29, 1.82) is 0 Å². The normalized spacial score (nSPS) is 14.6. The third kappa shape index (κ3) is 5.74. The van der Waals surface area contributed by atoms with Crippen LogP contribution in [0.1, 0.15) is 34.0 Å². The van der Waals surface area contributed by atoms with Crippen molar-refractivity contribution in [1.82, 2.24) is 29.7 Å². The zero-order valence-electron chi connectivity index (χ0n) is 23.8. The maximum Gasteiger partial charge on any atom is 0.297 e. The van der Waals surface area contributed by atoms with E-state index in [1.54, 1.807) is 91.7 Å². The third-order valence-corrected chi connectivity index (χ3v) is 9.12. The molecule has 0 saturated heterocycles. The lowest BCUT2D eigenvalue weighted by atomic mass is 10.1. The minimum absolute atomic E-state index is 0.0130. The van der Waals surface area contributed by atoms with Crippen molar-refractivity contribution in [3.63, 3.8) is 0 Å². The van der Waals surface area contributed by atoms with Crippen molar-refractivity contribution in [3.8, 4) is 11.8 Å². The smallest absolute Gasteiger partial charge is 0.297 e. The number of nitrogens with one attached hydrogen (secondary N) is 2. The topological polar surface area (TPSA) is 187 Å². The second-order valence-electron chi connectivity index (χ2n) is 10.0. The third-order valence-electron chi connectivity index (χ3n) is 6.77. The summed E-state index contributed by atoms with van der Waals surface area (Å²) >= 11 is 0. The molecule has 6 rings (SSSR count). The Labute approximate surface area is 258 Å². The highest BCUT2D eigenvalue weighted by Crippen LogP contribution is 2.38. The first-order chi connectivity index (χ1) is 21.4. The highest BCUT2D eigenvalue weighted by atomic mass is 32.2. The maximum atomic E-state index is 14.4. The van der Waals surface area contributed by atoms with Crippen LogP contribution >= 0.6 is 0 Å². The van der Waals surface area contributed by atoms with Crippen molar-refractivity contribution in [2.75, 3.05) is 9.03 Å². The number of fused-ring (bicyclic) bond motifs is 2. The number of para-hydroxylation sites is 1. The van der Waals surface area contributed by atoms with E-state index in [2.05, 4.69) is 32.3 Å². The van der Waals surface area contributed by atoms with E-state index in [9.17, 15) is 21.6 Å². The minimum atomic E-state index is -4.30. The van der Waals surface area contributed by atoms with Crippen LogP contribution in [0.25, 0.3) is 11.7 Å². The number of anilines is 2. The lowest BCUT2D eigenvalue weighted by Gasteiger charge is -2.34. The van der Waals surface area contributed by atoms with Crippen molar-refractivity contribution in [2.24, 2.45) is 12.2 Å². The van der Waals surface area contributed by atoms with Gasteiger partial charge in [0, 0.05) is 31.2 Å². The first kappa shape index (κ1) is 29.6. The second kappa shape index (κ2) is 11.2. The Kier molecular flexibility index (Phi) is 7.36. The largest absolute Gasteiger partial charge is 0.344 e. The molecule has 1 aliphatic heterocycles. The van der Waals surface area contributed by atoms with Gasteiger partial charge in [-0.1, -0.05) is 42.2 Å². The number of rotatable bonds is 6. The quantitative estimate of drug-likeness (QED) is 0.234. The van der Waals surface area contributed by atoms with Crippen LogP contribution in [0.4, 0.5) is 11.5 Å². The summed E-state index contributed by atoms with van der Waals surface area (Å²) in [6.45, 7) is 1.61. The molecule has 1 unspecified atom stereocenters. The van der Waals surface area contributed by atoms with Crippen LogP contribution in [0, 0.1) is 11.8 Å². The van der Waals surface area contributed by atoms with Gasteiger partial charge in [-0.2, -0.15) is 13.5 Å². The Balaban J connectivity index is 1.45. The molecule has 0 fully saturated rings. The molecule has 5 aromatic rings. The van der Waals surface area contributed by atoms with Gasteiger partial charge in [0.15, 0.2) is 11.5 Å². The lowest BCUT2D eigenvalue weighted by molar-refractivity contribution is 0.0947. The molecule has 1 amide bonds. The van der Waals surface area contributed by atoms with Crippen LogP contribution in [0.5, 0.6) is 0 Å². The number of carbonyl (C=O) groups is 1. The predicted molar refractivity (Wildman–Crippen MR) is 166 cm³/mol. The minimum Gasteiger partial charge on any atom is -0.344 e. The SMILES string of the molecule is CC(NC(=O)c1c(NS(N)(=O)=O)nn2cccnc12)C1=Cc2cccc(C#Cc3cnn(C)c3)c2S(=O)(=O)N1c1ccccc1. The molecule has 14 nitrogen and oxygen atoms in total. The lowest BCUT2D eigenvalue weighted by Crippen LogP contribution is -2.44. The molecule has 45 heavy (non-hydrogen) atoms. The van der Waals surface area contributed by atoms with Gasteiger partial charge < -0.3 is 5.32 Å². The summed E-state index contributed by atoms with van der Waals surface area (Å²) in [7, 11) is -6.80. The molecule has 0 spiro atoms. The number of benzene rings is 2. The number of nitrogens with two attached hydrogens (primary N) is 1. The summed E-state index contributed by atoms with van der Waals surface area (Å²) in [5, 5.41) is 16.1. The van der Waals surface area contributed by atoms with Gasteiger partial charge in [0.25, 0.3) is 26.1 Å². The van der Waals surface area contributed by atoms with E-state index in [1.165, 1.54) is 16.9 Å². The molecule has 0 aliphatic carbocycles. The van der Waals surface area contributed by atoms with Crippen LogP contribution in [0.2, 0.25) is 0 Å². The number of hydrogen-bond acceptors (Lipinski definition) is 8. The molecule has 0 bridgehead atoms. The summed E-state index contributed by atoms with van der Waals surface area (Å²) in [5.74, 6) is 4.84. The summed E-state index contributed by atoms with van der Waals surface area (Å²) in [6.07, 6.45) is 7.87. The fraction of sp³-hybridized carbons (Fsp3) is 0.103. The van der Waals surface area contributed by atoms with Crippen molar-refractivity contribution >= 4 is 49.4 Å². The number of sulfonamides is 1. The van der Waals surface area contributed by atoms with Gasteiger partial charge in [-0.25, -0.2) is 27.4 Å². The number of amides is 1. The van der Waals surface area contributed by atoms with Gasteiger partial charge in [-0.3, -0.25) is 14.2 Å². The molecule has 228 valence electrons. The van der Waals surface area contributed by atoms with Crippen molar-refractivity contribution < 1.29 is 21.6 Å². The van der Waals surface area contributed by atoms with Gasteiger partial charge in [0.2, 0.25) is 0 Å². The van der Waals surface area contributed by atoms with Crippen LogP contribution in [0.15, 0.2) is 90.0 Å². The van der Waals surface area contributed by atoms with Crippen molar-refractivity contribution in [3.05, 3.63) is 107 Å². The Morgan fingerprint density at radius 2 is 1.84 bits per heavy atom. The Morgan fingerprint density at radius 1 is 1.07 bits per heavy atom. The number of carbonyl (C=O) groups excluding carboxylic acids is 1. The maximum absolute atomic E-state index is 14.4. The highest BCUT2D eigenvalue weighted by molar-refractivity contribution is 7.93. The summed E-state index contributed by atoms with van der Waals surface area (Å²) < 4.78 is 58.6.